The van der Waals surface area contributed by atoms with Gasteiger partial charge in [0.15, 0.2) is 0 Å². The molecule has 0 nitrogen and oxygen atoms in total. The molecule has 5 atom stereocenters. The lowest BCUT2D eigenvalue weighted by molar-refractivity contribution is 0.0918. The summed E-state index contributed by atoms with van der Waals surface area (Å²) >= 11 is 0. The van der Waals surface area contributed by atoms with Crippen LogP contribution in [-0.4, -0.2) is 8.07 Å². The third-order valence-corrected chi connectivity index (χ3v) is 7.43. The van der Waals surface area contributed by atoms with Crippen molar-refractivity contribution in [2.75, 3.05) is 0 Å². The second kappa shape index (κ2) is 4.96. The fraction of sp³-hybridized carbons (Fsp3) is 1.00. The SMILES string of the molecule is CC(C)C1C2CC(C[Si](C)(C)C)C(C2)C1C(C)C. The van der Waals surface area contributed by atoms with E-state index in [1.54, 1.807) is 18.9 Å². The molecule has 0 N–H and O–H groups in total. The molecule has 106 valence electrons. The Balaban J connectivity index is 2.12. The molecule has 2 aliphatic carbocycles. The van der Waals surface area contributed by atoms with E-state index >= 15 is 0 Å². The molecule has 18 heavy (non-hydrogen) atoms. The Morgan fingerprint density at radius 1 is 0.889 bits per heavy atom. The monoisotopic (exact) mass is 266 g/mol. The highest BCUT2D eigenvalue weighted by Gasteiger charge is 2.54. The van der Waals surface area contributed by atoms with E-state index in [9.17, 15) is 0 Å². The molecular formula is C17H34Si. The molecule has 1 heteroatoms. The number of hydrogen-bond donors (Lipinski definition) is 0. The minimum absolute atomic E-state index is 0.873. The fourth-order valence-electron chi connectivity index (χ4n) is 5.54. The van der Waals surface area contributed by atoms with E-state index in [0.717, 1.165) is 41.4 Å². The van der Waals surface area contributed by atoms with Gasteiger partial charge in [0.2, 0.25) is 0 Å². The Labute approximate surface area is 116 Å². The molecule has 5 unspecified atom stereocenters. The van der Waals surface area contributed by atoms with Crippen molar-refractivity contribution in [1.29, 1.82) is 0 Å². The molecule has 0 radical (unpaired) electrons. The lowest BCUT2D eigenvalue weighted by Gasteiger charge is -2.42. The maximum absolute atomic E-state index is 2.56. The first-order valence-corrected chi connectivity index (χ1v) is 11.9. The van der Waals surface area contributed by atoms with Crippen LogP contribution in [0.2, 0.25) is 25.7 Å². The van der Waals surface area contributed by atoms with Crippen molar-refractivity contribution in [3.05, 3.63) is 0 Å². The molecule has 0 aliphatic heterocycles. The summed E-state index contributed by atoms with van der Waals surface area (Å²) in [6.07, 6.45) is 3.14. The summed E-state index contributed by atoms with van der Waals surface area (Å²) in [5.41, 5.74) is 0. The zero-order chi connectivity index (χ0) is 13.7. The van der Waals surface area contributed by atoms with Crippen LogP contribution in [0.5, 0.6) is 0 Å². The number of hydrogen-bond acceptors (Lipinski definition) is 0. The van der Waals surface area contributed by atoms with Crippen LogP contribution < -0.4 is 0 Å². The van der Waals surface area contributed by atoms with E-state index in [0.29, 0.717) is 0 Å². The van der Waals surface area contributed by atoms with Crippen LogP contribution in [0.1, 0.15) is 40.5 Å². The van der Waals surface area contributed by atoms with Gasteiger partial charge < -0.3 is 0 Å². The molecule has 0 aromatic carbocycles. The number of rotatable bonds is 4. The summed E-state index contributed by atoms with van der Waals surface area (Å²) in [6, 6.07) is 1.59. The summed E-state index contributed by atoms with van der Waals surface area (Å²) in [7, 11) is -0.873. The van der Waals surface area contributed by atoms with Crippen molar-refractivity contribution >= 4 is 8.07 Å². The van der Waals surface area contributed by atoms with Crippen molar-refractivity contribution in [2.45, 2.75) is 66.2 Å². The van der Waals surface area contributed by atoms with Gasteiger partial charge in [-0.3, -0.25) is 0 Å². The Bertz CT molecular complexity index is 286. The van der Waals surface area contributed by atoms with E-state index in [4.69, 9.17) is 0 Å². The van der Waals surface area contributed by atoms with Crippen LogP contribution in [0.25, 0.3) is 0 Å². The zero-order valence-electron chi connectivity index (χ0n) is 13.7. The Hall–Kier alpha value is 0.217. The van der Waals surface area contributed by atoms with Gasteiger partial charge in [0.25, 0.3) is 0 Å². The second-order valence-electron chi connectivity index (χ2n) is 9.06. The fourth-order valence-corrected chi connectivity index (χ4v) is 7.58. The lowest BCUT2D eigenvalue weighted by Crippen LogP contribution is -2.37. The minimum atomic E-state index is -0.873. The average Bonchev–Trinajstić information content (AvgIpc) is 2.70. The van der Waals surface area contributed by atoms with Gasteiger partial charge in [0.1, 0.15) is 0 Å². The molecule has 0 amide bonds. The normalized spacial score (nSPS) is 40.2. The molecule has 0 spiro atoms. The lowest BCUT2D eigenvalue weighted by atomic mass is 9.66. The van der Waals surface area contributed by atoms with Crippen molar-refractivity contribution in [2.24, 2.45) is 41.4 Å². The van der Waals surface area contributed by atoms with Gasteiger partial charge in [0.05, 0.1) is 0 Å². The van der Waals surface area contributed by atoms with E-state index in [2.05, 4.69) is 47.3 Å². The van der Waals surface area contributed by atoms with Gasteiger partial charge in [-0.2, -0.15) is 0 Å². The average molecular weight is 267 g/mol. The highest BCUT2D eigenvalue weighted by Crippen LogP contribution is 2.61. The van der Waals surface area contributed by atoms with E-state index in [1.807, 2.05) is 0 Å². The third-order valence-electron chi connectivity index (χ3n) is 5.68. The zero-order valence-corrected chi connectivity index (χ0v) is 14.7. The van der Waals surface area contributed by atoms with E-state index in [-0.39, 0.29) is 0 Å². The standard InChI is InChI=1S/C17H34Si/c1-11(2)16-13-8-14(10-18(5,6)7)15(9-13)17(16)12(3)4/h11-17H,8-10H2,1-7H3. The van der Waals surface area contributed by atoms with Crippen LogP contribution in [0.15, 0.2) is 0 Å². The van der Waals surface area contributed by atoms with Gasteiger partial charge in [-0.1, -0.05) is 53.4 Å². The Morgan fingerprint density at radius 2 is 1.44 bits per heavy atom. The molecule has 0 aromatic rings. The van der Waals surface area contributed by atoms with E-state index in [1.165, 1.54) is 0 Å². The van der Waals surface area contributed by atoms with Gasteiger partial charge in [-0.05, 0) is 54.3 Å². The first-order chi connectivity index (χ1) is 8.20. The summed E-state index contributed by atoms with van der Waals surface area (Å²) in [4.78, 5) is 0. The van der Waals surface area contributed by atoms with E-state index < -0.39 is 8.07 Å². The largest absolute Gasteiger partial charge is 0.0695 e. The molecule has 2 rings (SSSR count). The molecular weight excluding hydrogens is 232 g/mol. The Morgan fingerprint density at radius 3 is 1.89 bits per heavy atom. The highest BCUT2D eigenvalue weighted by atomic mass is 28.3. The van der Waals surface area contributed by atoms with Gasteiger partial charge in [-0.25, -0.2) is 0 Å². The summed E-state index contributed by atoms with van der Waals surface area (Å²) in [6.45, 7) is 17.6. The smallest absolute Gasteiger partial charge is 0.0445 e. The molecule has 2 bridgehead atoms. The van der Waals surface area contributed by atoms with Crippen LogP contribution in [-0.2, 0) is 0 Å². The first-order valence-electron chi connectivity index (χ1n) is 8.20. The van der Waals surface area contributed by atoms with Crippen LogP contribution in [0, 0.1) is 41.4 Å². The minimum Gasteiger partial charge on any atom is -0.0695 e. The summed E-state index contributed by atoms with van der Waals surface area (Å²) in [5, 5.41) is 0. The Kier molecular flexibility index (Phi) is 4.03. The highest BCUT2D eigenvalue weighted by molar-refractivity contribution is 6.76. The molecule has 0 saturated heterocycles. The van der Waals surface area contributed by atoms with Crippen LogP contribution in [0.3, 0.4) is 0 Å². The maximum atomic E-state index is 2.56. The van der Waals surface area contributed by atoms with Gasteiger partial charge in [0, 0.05) is 8.07 Å². The van der Waals surface area contributed by atoms with Crippen molar-refractivity contribution in [3.8, 4) is 0 Å². The maximum Gasteiger partial charge on any atom is 0.0445 e. The predicted octanol–water partition coefficient (Wildman–Crippen LogP) is 5.53. The molecule has 2 saturated carbocycles. The van der Waals surface area contributed by atoms with Crippen LogP contribution >= 0.6 is 0 Å². The molecule has 2 aliphatic rings. The second-order valence-corrected chi connectivity index (χ2v) is 14.6. The molecule has 0 aromatic heterocycles. The van der Waals surface area contributed by atoms with Crippen molar-refractivity contribution in [1.82, 2.24) is 0 Å². The van der Waals surface area contributed by atoms with Gasteiger partial charge >= 0.3 is 0 Å². The first kappa shape index (κ1) is 14.6. The van der Waals surface area contributed by atoms with Crippen molar-refractivity contribution in [3.63, 3.8) is 0 Å². The van der Waals surface area contributed by atoms with Gasteiger partial charge in [-0.15, -0.1) is 0 Å². The summed E-state index contributed by atoms with van der Waals surface area (Å²) in [5.74, 6) is 7.11. The molecule has 0 heterocycles. The van der Waals surface area contributed by atoms with Crippen molar-refractivity contribution < 1.29 is 0 Å². The quantitative estimate of drug-likeness (QED) is 0.587. The predicted molar refractivity (Wildman–Crippen MR) is 84.5 cm³/mol. The number of fused-ring (bicyclic) bond motifs is 2. The summed E-state index contributed by atoms with van der Waals surface area (Å²) < 4.78 is 0. The third kappa shape index (κ3) is 2.71. The molecule has 2 fully saturated rings. The van der Waals surface area contributed by atoms with Crippen LogP contribution in [0.4, 0.5) is 0 Å². The topological polar surface area (TPSA) is 0 Å².